The highest BCUT2D eigenvalue weighted by Crippen LogP contribution is 2.23. The average molecular weight is 303 g/mol. The standard InChI is InChI=1S/C16H19ClN4/c1-21(11-12-3-2-8-18-9-12)16-7-6-14(17)15(20-16)10-19-13-4-5-13/h2-3,6-9,13,19H,4-5,10-11H2,1H3. The molecule has 0 radical (unpaired) electrons. The van der Waals surface area contributed by atoms with E-state index in [4.69, 9.17) is 11.6 Å². The lowest BCUT2D eigenvalue weighted by molar-refractivity contribution is 0.673. The minimum Gasteiger partial charge on any atom is -0.355 e. The molecule has 5 heteroatoms. The molecule has 0 aliphatic heterocycles. The minimum absolute atomic E-state index is 0.652. The van der Waals surface area contributed by atoms with E-state index in [-0.39, 0.29) is 0 Å². The van der Waals surface area contributed by atoms with Gasteiger partial charge in [0.15, 0.2) is 0 Å². The van der Waals surface area contributed by atoms with Gasteiger partial charge >= 0.3 is 0 Å². The third kappa shape index (κ3) is 3.93. The zero-order valence-corrected chi connectivity index (χ0v) is 12.8. The van der Waals surface area contributed by atoms with Crippen LogP contribution in [0.15, 0.2) is 36.7 Å². The Bertz CT molecular complexity index is 598. The second kappa shape index (κ2) is 6.41. The summed E-state index contributed by atoms with van der Waals surface area (Å²) in [4.78, 5) is 10.9. The van der Waals surface area contributed by atoms with Crippen molar-refractivity contribution in [1.29, 1.82) is 0 Å². The van der Waals surface area contributed by atoms with Crippen LogP contribution in [0.5, 0.6) is 0 Å². The topological polar surface area (TPSA) is 41.1 Å². The van der Waals surface area contributed by atoms with Crippen LogP contribution in [0.25, 0.3) is 0 Å². The molecule has 0 amide bonds. The van der Waals surface area contributed by atoms with Crippen molar-refractivity contribution in [2.75, 3.05) is 11.9 Å². The number of hydrogen-bond acceptors (Lipinski definition) is 4. The van der Waals surface area contributed by atoms with Gasteiger partial charge in [-0.25, -0.2) is 4.98 Å². The Morgan fingerprint density at radius 2 is 2.19 bits per heavy atom. The Balaban J connectivity index is 1.69. The van der Waals surface area contributed by atoms with Gasteiger partial charge in [-0.2, -0.15) is 0 Å². The van der Waals surface area contributed by atoms with Crippen LogP contribution in [0.1, 0.15) is 24.1 Å². The van der Waals surface area contributed by atoms with Gasteiger partial charge in [-0.3, -0.25) is 4.98 Å². The first-order valence-electron chi connectivity index (χ1n) is 7.21. The van der Waals surface area contributed by atoms with Gasteiger partial charge in [-0.1, -0.05) is 17.7 Å². The summed E-state index contributed by atoms with van der Waals surface area (Å²) in [6, 6.07) is 8.55. The molecule has 110 valence electrons. The zero-order valence-electron chi connectivity index (χ0n) is 12.1. The lowest BCUT2D eigenvalue weighted by Gasteiger charge is -2.19. The molecule has 1 N–H and O–H groups in total. The van der Waals surface area contributed by atoms with Crippen molar-refractivity contribution < 1.29 is 0 Å². The summed E-state index contributed by atoms with van der Waals surface area (Å²) in [7, 11) is 2.03. The summed E-state index contributed by atoms with van der Waals surface area (Å²) >= 11 is 6.23. The van der Waals surface area contributed by atoms with Crippen molar-refractivity contribution in [3.05, 3.63) is 52.9 Å². The van der Waals surface area contributed by atoms with Crippen molar-refractivity contribution in [3.8, 4) is 0 Å². The average Bonchev–Trinajstić information content (AvgIpc) is 3.31. The number of nitrogens with zero attached hydrogens (tertiary/aromatic N) is 3. The molecular weight excluding hydrogens is 284 g/mol. The van der Waals surface area contributed by atoms with Crippen LogP contribution < -0.4 is 10.2 Å². The van der Waals surface area contributed by atoms with Crippen molar-refractivity contribution in [1.82, 2.24) is 15.3 Å². The first-order valence-corrected chi connectivity index (χ1v) is 7.59. The Morgan fingerprint density at radius 1 is 1.33 bits per heavy atom. The molecule has 21 heavy (non-hydrogen) atoms. The maximum atomic E-state index is 6.23. The van der Waals surface area contributed by atoms with Crippen LogP contribution in [-0.4, -0.2) is 23.1 Å². The third-order valence-corrected chi connectivity index (χ3v) is 3.92. The number of anilines is 1. The molecule has 3 rings (SSSR count). The van der Waals surface area contributed by atoms with Crippen LogP contribution in [0.2, 0.25) is 5.02 Å². The van der Waals surface area contributed by atoms with E-state index in [1.165, 1.54) is 12.8 Å². The predicted molar refractivity (Wildman–Crippen MR) is 85.5 cm³/mol. The van der Waals surface area contributed by atoms with Crippen LogP contribution in [0, 0.1) is 0 Å². The molecule has 1 saturated carbocycles. The summed E-state index contributed by atoms with van der Waals surface area (Å²) in [5, 5.41) is 4.18. The predicted octanol–water partition coefficient (Wildman–Crippen LogP) is 3.02. The molecule has 0 unspecified atom stereocenters. The van der Waals surface area contributed by atoms with Crippen molar-refractivity contribution in [3.63, 3.8) is 0 Å². The third-order valence-electron chi connectivity index (χ3n) is 3.57. The van der Waals surface area contributed by atoms with E-state index in [0.29, 0.717) is 6.04 Å². The molecule has 1 aliphatic carbocycles. The summed E-state index contributed by atoms with van der Waals surface area (Å²) < 4.78 is 0. The van der Waals surface area contributed by atoms with Crippen molar-refractivity contribution in [2.45, 2.75) is 32.0 Å². The number of halogens is 1. The molecule has 1 aliphatic rings. The Morgan fingerprint density at radius 3 is 2.90 bits per heavy atom. The zero-order chi connectivity index (χ0) is 14.7. The van der Waals surface area contributed by atoms with E-state index in [2.05, 4.69) is 26.3 Å². The van der Waals surface area contributed by atoms with Crippen LogP contribution >= 0.6 is 11.6 Å². The largest absolute Gasteiger partial charge is 0.355 e. The lowest BCUT2D eigenvalue weighted by Crippen LogP contribution is -2.20. The summed E-state index contributed by atoms with van der Waals surface area (Å²) in [6.07, 6.45) is 6.18. The number of hydrogen-bond donors (Lipinski definition) is 1. The highest BCUT2D eigenvalue weighted by molar-refractivity contribution is 6.31. The van der Waals surface area contributed by atoms with Gasteiger partial charge in [0.05, 0.1) is 10.7 Å². The van der Waals surface area contributed by atoms with Crippen molar-refractivity contribution in [2.24, 2.45) is 0 Å². The first kappa shape index (κ1) is 14.3. The summed E-state index contributed by atoms with van der Waals surface area (Å²) in [5.74, 6) is 0.927. The van der Waals surface area contributed by atoms with E-state index < -0.39 is 0 Å². The van der Waals surface area contributed by atoms with E-state index in [0.717, 1.165) is 35.2 Å². The van der Waals surface area contributed by atoms with Gasteiger partial charge in [0.25, 0.3) is 0 Å². The SMILES string of the molecule is CN(Cc1cccnc1)c1ccc(Cl)c(CNC2CC2)n1. The molecule has 2 heterocycles. The minimum atomic E-state index is 0.652. The Labute approximate surface area is 130 Å². The van der Waals surface area contributed by atoms with Gasteiger partial charge in [0.1, 0.15) is 5.82 Å². The van der Waals surface area contributed by atoms with Crippen molar-refractivity contribution >= 4 is 17.4 Å². The van der Waals surface area contributed by atoms with E-state index in [9.17, 15) is 0 Å². The van der Waals surface area contributed by atoms with Gasteiger partial charge in [0.2, 0.25) is 0 Å². The molecule has 1 fully saturated rings. The molecule has 0 spiro atoms. The van der Waals surface area contributed by atoms with E-state index in [1.54, 1.807) is 6.20 Å². The molecule has 0 atom stereocenters. The van der Waals surface area contributed by atoms with Crippen LogP contribution in [0.4, 0.5) is 5.82 Å². The lowest BCUT2D eigenvalue weighted by atomic mass is 10.2. The Hall–Kier alpha value is -1.65. The smallest absolute Gasteiger partial charge is 0.129 e. The molecule has 0 bridgehead atoms. The summed E-state index contributed by atoms with van der Waals surface area (Å²) in [5.41, 5.74) is 2.08. The molecule has 4 nitrogen and oxygen atoms in total. The van der Waals surface area contributed by atoms with Crippen LogP contribution in [-0.2, 0) is 13.1 Å². The first-order chi connectivity index (χ1) is 10.2. The maximum Gasteiger partial charge on any atom is 0.129 e. The molecule has 0 saturated heterocycles. The fourth-order valence-electron chi connectivity index (χ4n) is 2.18. The van der Waals surface area contributed by atoms with E-state index in [1.807, 2.05) is 31.4 Å². The van der Waals surface area contributed by atoms with Gasteiger partial charge < -0.3 is 10.2 Å². The monoisotopic (exact) mass is 302 g/mol. The quantitative estimate of drug-likeness (QED) is 0.890. The van der Waals surface area contributed by atoms with Gasteiger partial charge in [0, 0.05) is 38.6 Å². The highest BCUT2D eigenvalue weighted by atomic mass is 35.5. The van der Waals surface area contributed by atoms with E-state index >= 15 is 0 Å². The maximum absolute atomic E-state index is 6.23. The fourth-order valence-corrected chi connectivity index (χ4v) is 2.36. The summed E-state index contributed by atoms with van der Waals surface area (Å²) in [6.45, 7) is 1.51. The normalized spacial score (nSPS) is 14.2. The second-order valence-corrected chi connectivity index (χ2v) is 5.88. The molecule has 2 aromatic rings. The molecular formula is C16H19ClN4. The van der Waals surface area contributed by atoms with Gasteiger partial charge in [-0.15, -0.1) is 0 Å². The molecule has 2 aromatic heterocycles. The number of aromatic nitrogens is 2. The van der Waals surface area contributed by atoms with Gasteiger partial charge in [-0.05, 0) is 36.6 Å². The fraction of sp³-hybridized carbons (Fsp3) is 0.375. The number of rotatable bonds is 6. The Kier molecular flexibility index (Phi) is 4.36. The number of pyridine rings is 2. The highest BCUT2D eigenvalue weighted by Gasteiger charge is 2.20. The second-order valence-electron chi connectivity index (χ2n) is 5.47. The number of nitrogens with one attached hydrogen (secondary N) is 1. The van der Waals surface area contributed by atoms with Crippen LogP contribution in [0.3, 0.4) is 0 Å². The molecule has 0 aromatic carbocycles.